The number of fused-ring (bicyclic) bond motifs is 1. The molecule has 0 aromatic heterocycles. The normalized spacial score (nSPS) is 53.4. The molecule has 22 heavy (non-hydrogen) atoms. The summed E-state index contributed by atoms with van der Waals surface area (Å²) in [6, 6.07) is 0. The lowest BCUT2D eigenvalue weighted by molar-refractivity contribution is -0.315. The number of ether oxygens (including phenoxy) is 2. The number of hydrogen-bond acceptors (Lipinski definition) is 2. The van der Waals surface area contributed by atoms with Crippen LogP contribution in [0.1, 0.15) is 20.8 Å². The van der Waals surface area contributed by atoms with Crippen molar-refractivity contribution in [2.24, 2.45) is 0 Å². The summed E-state index contributed by atoms with van der Waals surface area (Å²) in [5.74, 6) is -9.84. The molecule has 2 nitrogen and oxygen atoms in total. The minimum atomic E-state index is -4.90. The Morgan fingerprint density at radius 1 is 1.00 bits per heavy atom. The van der Waals surface area contributed by atoms with Crippen LogP contribution in [0.15, 0.2) is 11.5 Å². The van der Waals surface area contributed by atoms with Gasteiger partial charge in [-0.25, -0.2) is 17.6 Å². The second kappa shape index (κ2) is 4.17. The molecule has 0 aromatic rings. The van der Waals surface area contributed by atoms with Crippen molar-refractivity contribution in [2.75, 3.05) is 0 Å². The molecular weight excluding hydrogens is 323 g/mol. The molecule has 0 aromatic carbocycles. The predicted molar refractivity (Wildman–Crippen MR) is 75.1 cm³/mol. The summed E-state index contributed by atoms with van der Waals surface area (Å²) in [5, 5.41) is -3.37. The molecule has 6 radical (unpaired) electrons. The molecule has 1 saturated carbocycles. The van der Waals surface area contributed by atoms with Crippen molar-refractivity contribution >= 4 is 32.8 Å². The standard InChI is InChI=1S/C11H11B3F5O2P/c1-4(2)5-20-8(13)6(3,15)9(14,22)10(17,18)7(12,16)11(8,19)21-5/h22H2,1-3H3. The monoisotopic (exact) mass is 334 g/mol. The maximum atomic E-state index is 15.1. The minimum absolute atomic E-state index is 0.109. The van der Waals surface area contributed by atoms with Crippen LogP contribution in [-0.4, -0.2) is 57.1 Å². The van der Waals surface area contributed by atoms with Crippen LogP contribution in [0, 0.1) is 0 Å². The smallest absolute Gasteiger partial charge is 0.314 e. The second-order valence-corrected chi connectivity index (χ2v) is 6.89. The van der Waals surface area contributed by atoms with Crippen LogP contribution >= 0.6 is 9.24 Å². The Balaban J connectivity index is 2.85. The highest BCUT2D eigenvalue weighted by Crippen LogP contribution is 2.68. The van der Waals surface area contributed by atoms with Gasteiger partial charge in [0, 0.05) is 10.6 Å². The van der Waals surface area contributed by atoms with Gasteiger partial charge in [-0.1, -0.05) is 0 Å². The van der Waals surface area contributed by atoms with Crippen LogP contribution < -0.4 is 0 Å². The Hall–Kier alpha value is -0.385. The second-order valence-electron chi connectivity index (χ2n) is 5.98. The van der Waals surface area contributed by atoms with Crippen LogP contribution in [-0.2, 0) is 9.47 Å². The lowest BCUT2D eigenvalue weighted by Gasteiger charge is -2.62. The Morgan fingerprint density at radius 3 is 1.86 bits per heavy atom. The Labute approximate surface area is 131 Å². The fourth-order valence-electron chi connectivity index (χ4n) is 2.49. The van der Waals surface area contributed by atoms with Crippen LogP contribution in [0.25, 0.3) is 0 Å². The fourth-order valence-corrected chi connectivity index (χ4v) is 2.91. The first-order chi connectivity index (χ1) is 9.51. The topological polar surface area (TPSA) is 18.5 Å². The highest BCUT2D eigenvalue weighted by Gasteiger charge is 2.91. The van der Waals surface area contributed by atoms with Gasteiger partial charge >= 0.3 is 5.85 Å². The molecular formula is C11H11B3F5O2P. The maximum Gasteiger partial charge on any atom is 0.314 e. The van der Waals surface area contributed by atoms with Crippen molar-refractivity contribution in [2.45, 2.75) is 54.3 Å². The lowest BCUT2D eigenvalue weighted by Crippen LogP contribution is -2.88. The molecule has 1 saturated heterocycles. The molecule has 0 amide bonds. The third kappa shape index (κ3) is 1.49. The van der Waals surface area contributed by atoms with Gasteiger partial charge < -0.3 is 9.47 Å². The third-order valence-corrected chi connectivity index (χ3v) is 5.20. The van der Waals surface area contributed by atoms with Gasteiger partial charge in [0.2, 0.25) is 5.57 Å². The lowest BCUT2D eigenvalue weighted by atomic mass is 9.42. The van der Waals surface area contributed by atoms with E-state index in [9.17, 15) is 13.2 Å². The molecule has 2 rings (SSSR count). The van der Waals surface area contributed by atoms with Crippen LogP contribution in [0.3, 0.4) is 0 Å². The molecule has 0 bridgehead atoms. The number of hydrogen-bond donors (Lipinski definition) is 0. The van der Waals surface area contributed by atoms with Gasteiger partial charge in [-0.2, -0.15) is 4.39 Å². The summed E-state index contributed by atoms with van der Waals surface area (Å²) in [6.07, 6.45) is 0. The van der Waals surface area contributed by atoms with Gasteiger partial charge in [0.25, 0.3) is 11.9 Å². The molecule has 2 fully saturated rings. The first-order valence-corrected chi connectivity index (χ1v) is 6.74. The van der Waals surface area contributed by atoms with Gasteiger partial charge in [0.05, 0.1) is 7.85 Å². The van der Waals surface area contributed by atoms with E-state index < -0.39 is 39.5 Å². The molecule has 116 valence electrons. The number of alkyl halides is 5. The summed E-state index contributed by atoms with van der Waals surface area (Å²) >= 11 is 0. The minimum Gasteiger partial charge on any atom is -0.459 e. The average Bonchev–Trinajstić information content (AvgIpc) is 2.63. The summed E-state index contributed by atoms with van der Waals surface area (Å²) in [6.45, 7) is 3.13. The van der Waals surface area contributed by atoms with Gasteiger partial charge in [-0.3, -0.25) is 0 Å². The van der Waals surface area contributed by atoms with Crippen LogP contribution in [0.4, 0.5) is 22.0 Å². The van der Waals surface area contributed by atoms with Crippen LogP contribution in [0.2, 0.25) is 0 Å². The van der Waals surface area contributed by atoms with E-state index in [4.69, 9.17) is 28.3 Å². The molecule has 6 atom stereocenters. The molecule has 0 N–H and O–H groups in total. The van der Waals surface area contributed by atoms with Crippen molar-refractivity contribution < 1.29 is 31.4 Å². The van der Waals surface area contributed by atoms with Gasteiger partial charge in [-0.05, 0) is 20.8 Å². The molecule has 1 heterocycles. The summed E-state index contributed by atoms with van der Waals surface area (Å²) < 4.78 is 82.7. The summed E-state index contributed by atoms with van der Waals surface area (Å²) in [5.41, 5.74) is -11.3. The third-order valence-electron chi connectivity index (χ3n) is 4.29. The Kier molecular flexibility index (Phi) is 3.40. The van der Waals surface area contributed by atoms with E-state index in [1.54, 1.807) is 0 Å². The Morgan fingerprint density at radius 2 is 1.45 bits per heavy atom. The van der Waals surface area contributed by atoms with Crippen LogP contribution in [0.5, 0.6) is 0 Å². The van der Waals surface area contributed by atoms with Gasteiger partial charge in [-0.15, -0.1) is 9.24 Å². The summed E-state index contributed by atoms with van der Waals surface area (Å²) in [4.78, 5) is 0. The number of rotatable bonds is 0. The zero-order valence-corrected chi connectivity index (χ0v) is 13.2. The molecule has 2 aliphatic rings. The van der Waals surface area contributed by atoms with Crippen molar-refractivity contribution in [3.8, 4) is 0 Å². The Bertz CT molecular complexity index is 522. The molecule has 1 aliphatic heterocycles. The molecule has 0 spiro atoms. The number of halogens is 5. The first kappa shape index (κ1) is 18.0. The van der Waals surface area contributed by atoms with E-state index in [1.165, 1.54) is 23.1 Å². The van der Waals surface area contributed by atoms with Crippen molar-refractivity contribution in [1.82, 2.24) is 0 Å². The van der Waals surface area contributed by atoms with E-state index in [0.717, 1.165) is 0 Å². The molecule has 11 heteroatoms. The van der Waals surface area contributed by atoms with E-state index in [1.807, 2.05) is 0 Å². The maximum absolute atomic E-state index is 15.1. The zero-order chi connectivity index (χ0) is 17.6. The van der Waals surface area contributed by atoms with Crippen molar-refractivity contribution in [3.05, 3.63) is 11.5 Å². The fraction of sp³-hybridized carbons (Fsp3) is 0.818. The summed E-state index contributed by atoms with van der Waals surface area (Å²) in [7, 11) is 16.9. The van der Waals surface area contributed by atoms with Gasteiger partial charge in [0.1, 0.15) is 15.7 Å². The quantitative estimate of drug-likeness (QED) is 0.382. The highest BCUT2D eigenvalue weighted by atomic mass is 31.0. The first-order valence-electron chi connectivity index (χ1n) is 6.17. The van der Waals surface area contributed by atoms with Crippen molar-refractivity contribution in [1.29, 1.82) is 0 Å². The zero-order valence-electron chi connectivity index (χ0n) is 12.0. The van der Waals surface area contributed by atoms with E-state index in [2.05, 4.69) is 4.74 Å². The number of allylic oxidation sites excluding steroid dienone is 1. The van der Waals surface area contributed by atoms with E-state index in [0.29, 0.717) is 6.92 Å². The molecule has 6 unspecified atom stereocenters. The van der Waals surface area contributed by atoms with E-state index >= 15 is 8.78 Å². The predicted octanol–water partition coefficient (Wildman–Crippen LogP) is 1.77. The highest BCUT2D eigenvalue weighted by molar-refractivity contribution is 7.23. The van der Waals surface area contributed by atoms with Gasteiger partial charge in [0.15, 0.2) is 11.2 Å². The SMILES string of the molecule is [B]C1(F)C(F)(F)C([B])(P)C(C)(F)C2([B])OC(=C(C)C)OC12F. The van der Waals surface area contributed by atoms with E-state index in [-0.39, 0.29) is 5.57 Å². The largest absolute Gasteiger partial charge is 0.459 e. The average molecular weight is 334 g/mol. The van der Waals surface area contributed by atoms with Crippen molar-refractivity contribution in [3.63, 3.8) is 0 Å². The molecule has 1 aliphatic carbocycles.